The average molecular weight is 308 g/mol. The SMILES string of the molecule is CC1(C)CN(C(=O)NCc2cccc(C(=O)O)c2)CCS1. The molecular weight excluding hydrogens is 288 g/mol. The lowest BCUT2D eigenvalue weighted by Crippen LogP contribution is -2.49. The molecule has 1 aliphatic rings. The van der Waals surface area contributed by atoms with Gasteiger partial charge in [0.05, 0.1) is 5.56 Å². The number of hydrogen-bond donors (Lipinski definition) is 2. The number of rotatable bonds is 3. The molecule has 1 saturated heterocycles. The third-order valence-corrected chi connectivity index (χ3v) is 4.63. The fraction of sp³-hybridized carbons (Fsp3) is 0.467. The summed E-state index contributed by atoms with van der Waals surface area (Å²) in [6.45, 7) is 6.07. The van der Waals surface area contributed by atoms with Gasteiger partial charge in [0.1, 0.15) is 0 Å². The van der Waals surface area contributed by atoms with Crippen LogP contribution in [-0.2, 0) is 6.54 Å². The first-order valence-electron chi connectivity index (χ1n) is 6.86. The van der Waals surface area contributed by atoms with Gasteiger partial charge in [-0.1, -0.05) is 12.1 Å². The molecule has 0 bridgehead atoms. The van der Waals surface area contributed by atoms with Crippen LogP contribution in [0.25, 0.3) is 0 Å². The van der Waals surface area contributed by atoms with Gasteiger partial charge in [-0.2, -0.15) is 11.8 Å². The molecule has 5 nitrogen and oxygen atoms in total. The van der Waals surface area contributed by atoms with Gasteiger partial charge in [0.2, 0.25) is 0 Å². The minimum absolute atomic E-state index is 0.0822. The highest BCUT2D eigenvalue weighted by atomic mass is 32.2. The molecule has 0 unspecified atom stereocenters. The van der Waals surface area contributed by atoms with Gasteiger partial charge in [0.15, 0.2) is 0 Å². The third kappa shape index (κ3) is 4.39. The summed E-state index contributed by atoms with van der Waals surface area (Å²) in [4.78, 5) is 24.9. The number of nitrogens with one attached hydrogen (secondary N) is 1. The van der Waals surface area contributed by atoms with E-state index in [1.807, 2.05) is 22.7 Å². The van der Waals surface area contributed by atoms with Crippen molar-refractivity contribution in [2.24, 2.45) is 0 Å². The van der Waals surface area contributed by atoms with Crippen LogP contribution in [0.1, 0.15) is 29.8 Å². The number of carbonyl (C=O) groups is 2. The van der Waals surface area contributed by atoms with Gasteiger partial charge in [-0.3, -0.25) is 0 Å². The second-order valence-electron chi connectivity index (χ2n) is 5.69. The maximum Gasteiger partial charge on any atom is 0.335 e. The quantitative estimate of drug-likeness (QED) is 0.900. The third-order valence-electron chi connectivity index (χ3n) is 3.33. The van der Waals surface area contributed by atoms with E-state index in [4.69, 9.17) is 5.11 Å². The normalized spacial score (nSPS) is 17.3. The Morgan fingerprint density at radius 2 is 2.19 bits per heavy atom. The van der Waals surface area contributed by atoms with Crippen LogP contribution in [-0.4, -0.2) is 45.6 Å². The monoisotopic (exact) mass is 308 g/mol. The van der Waals surface area contributed by atoms with E-state index in [2.05, 4.69) is 19.2 Å². The van der Waals surface area contributed by atoms with Crippen LogP contribution in [0, 0.1) is 0 Å². The molecule has 0 spiro atoms. The predicted octanol–water partition coefficient (Wildman–Crippen LogP) is 2.42. The molecule has 1 fully saturated rings. The van der Waals surface area contributed by atoms with Gasteiger partial charge in [-0.15, -0.1) is 0 Å². The average Bonchev–Trinajstić information content (AvgIpc) is 2.44. The van der Waals surface area contributed by atoms with E-state index in [-0.39, 0.29) is 16.3 Å². The van der Waals surface area contributed by atoms with Gasteiger partial charge in [0, 0.05) is 30.1 Å². The molecule has 0 radical (unpaired) electrons. The Kier molecular flexibility index (Phi) is 4.77. The molecule has 0 aromatic heterocycles. The highest BCUT2D eigenvalue weighted by Gasteiger charge is 2.29. The van der Waals surface area contributed by atoms with Crippen molar-refractivity contribution in [1.82, 2.24) is 10.2 Å². The summed E-state index contributed by atoms with van der Waals surface area (Å²) in [5.74, 6) is -0.0208. The van der Waals surface area contributed by atoms with Gasteiger partial charge < -0.3 is 15.3 Å². The number of amides is 2. The highest BCUT2D eigenvalue weighted by molar-refractivity contribution is 8.00. The van der Waals surface area contributed by atoms with E-state index < -0.39 is 5.97 Å². The zero-order chi connectivity index (χ0) is 15.5. The van der Waals surface area contributed by atoms with Crippen molar-refractivity contribution in [2.75, 3.05) is 18.8 Å². The maximum atomic E-state index is 12.2. The van der Waals surface area contributed by atoms with E-state index in [0.29, 0.717) is 6.54 Å². The van der Waals surface area contributed by atoms with Crippen molar-refractivity contribution in [2.45, 2.75) is 25.1 Å². The van der Waals surface area contributed by atoms with Crippen LogP contribution in [0.15, 0.2) is 24.3 Å². The van der Waals surface area contributed by atoms with Crippen LogP contribution < -0.4 is 5.32 Å². The zero-order valence-corrected chi connectivity index (χ0v) is 13.1. The number of hydrogen-bond acceptors (Lipinski definition) is 3. The fourth-order valence-electron chi connectivity index (χ4n) is 2.29. The van der Waals surface area contributed by atoms with E-state index in [1.165, 1.54) is 6.07 Å². The van der Waals surface area contributed by atoms with Crippen LogP contribution in [0.5, 0.6) is 0 Å². The predicted molar refractivity (Wildman–Crippen MR) is 83.7 cm³/mol. The fourth-order valence-corrected chi connectivity index (χ4v) is 3.41. The number of urea groups is 1. The summed E-state index contributed by atoms with van der Waals surface area (Å²) in [5, 5.41) is 11.8. The molecule has 0 saturated carbocycles. The lowest BCUT2D eigenvalue weighted by atomic mass is 10.1. The molecule has 114 valence electrons. The van der Waals surface area contributed by atoms with Crippen LogP contribution in [0.2, 0.25) is 0 Å². The Hall–Kier alpha value is -1.69. The highest BCUT2D eigenvalue weighted by Crippen LogP contribution is 2.29. The summed E-state index contributed by atoms with van der Waals surface area (Å²) in [6, 6.07) is 6.52. The molecule has 1 aromatic carbocycles. The molecule has 1 heterocycles. The minimum atomic E-state index is -0.960. The number of carboxylic acid groups (broad SMARTS) is 1. The first-order valence-corrected chi connectivity index (χ1v) is 7.85. The standard InChI is InChI=1S/C15H20N2O3S/c1-15(2)10-17(6-7-21-15)14(20)16-9-11-4-3-5-12(8-11)13(18)19/h3-5,8H,6-7,9-10H2,1-2H3,(H,16,20)(H,18,19). The molecule has 2 rings (SSSR count). The Balaban J connectivity index is 1.92. The number of benzene rings is 1. The molecule has 2 amide bonds. The van der Waals surface area contributed by atoms with Crippen molar-refractivity contribution in [3.05, 3.63) is 35.4 Å². The number of aromatic carboxylic acids is 1. The zero-order valence-electron chi connectivity index (χ0n) is 12.3. The molecular formula is C15H20N2O3S. The maximum absolute atomic E-state index is 12.2. The van der Waals surface area contributed by atoms with Gasteiger partial charge in [-0.25, -0.2) is 9.59 Å². The summed E-state index contributed by atoms with van der Waals surface area (Å²) >= 11 is 1.87. The summed E-state index contributed by atoms with van der Waals surface area (Å²) in [7, 11) is 0. The van der Waals surface area contributed by atoms with E-state index in [1.54, 1.807) is 12.1 Å². The smallest absolute Gasteiger partial charge is 0.335 e. The van der Waals surface area contributed by atoms with E-state index >= 15 is 0 Å². The molecule has 0 atom stereocenters. The molecule has 1 aromatic rings. The topological polar surface area (TPSA) is 69.6 Å². The van der Waals surface area contributed by atoms with Crippen LogP contribution >= 0.6 is 11.8 Å². The molecule has 1 aliphatic heterocycles. The van der Waals surface area contributed by atoms with E-state index in [9.17, 15) is 9.59 Å². The number of thioether (sulfide) groups is 1. The molecule has 2 N–H and O–H groups in total. The van der Waals surface area contributed by atoms with Gasteiger partial charge >= 0.3 is 12.0 Å². The van der Waals surface area contributed by atoms with Crippen molar-refractivity contribution in [3.63, 3.8) is 0 Å². The van der Waals surface area contributed by atoms with Crippen molar-refractivity contribution >= 4 is 23.8 Å². The Labute approximate surface area is 128 Å². The minimum Gasteiger partial charge on any atom is -0.478 e. The lowest BCUT2D eigenvalue weighted by molar-refractivity contribution is 0.0696. The van der Waals surface area contributed by atoms with Crippen molar-refractivity contribution in [1.29, 1.82) is 0 Å². The summed E-state index contributed by atoms with van der Waals surface area (Å²) < 4.78 is 0.0822. The summed E-state index contributed by atoms with van der Waals surface area (Å²) in [5.41, 5.74) is 1.02. The second-order valence-corrected chi connectivity index (χ2v) is 7.50. The first kappa shape index (κ1) is 15.7. The largest absolute Gasteiger partial charge is 0.478 e. The lowest BCUT2D eigenvalue weighted by Gasteiger charge is -2.37. The Morgan fingerprint density at radius 1 is 1.43 bits per heavy atom. The van der Waals surface area contributed by atoms with Gasteiger partial charge in [-0.05, 0) is 31.5 Å². The van der Waals surface area contributed by atoms with E-state index in [0.717, 1.165) is 24.4 Å². The summed E-state index contributed by atoms with van der Waals surface area (Å²) in [6.07, 6.45) is 0. The molecule has 21 heavy (non-hydrogen) atoms. The van der Waals surface area contributed by atoms with Crippen LogP contribution in [0.3, 0.4) is 0 Å². The molecule has 6 heteroatoms. The number of carboxylic acids is 1. The first-order chi connectivity index (χ1) is 9.87. The van der Waals surface area contributed by atoms with Crippen LogP contribution in [0.4, 0.5) is 4.79 Å². The molecule has 0 aliphatic carbocycles. The second kappa shape index (κ2) is 6.39. The Bertz CT molecular complexity index is 545. The number of carbonyl (C=O) groups excluding carboxylic acids is 1. The Morgan fingerprint density at radius 3 is 2.86 bits per heavy atom. The number of nitrogens with zero attached hydrogens (tertiary/aromatic N) is 1. The van der Waals surface area contributed by atoms with Gasteiger partial charge in [0.25, 0.3) is 0 Å². The van der Waals surface area contributed by atoms with Crippen molar-refractivity contribution in [3.8, 4) is 0 Å². The van der Waals surface area contributed by atoms with Crippen molar-refractivity contribution < 1.29 is 14.7 Å².